The maximum atomic E-state index is 12.0. The molecule has 0 radical (unpaired) electrons. The third kappa shape index (κ3) is 6.74. The Kier molecular flexibility index (Phi) is 7.63. The van der Waals surface area contributed by atoms with E-state index in [0.29, 0.717) is 29.4 Å². The van der Waals surface area contributed by atoms with Gasteiger partial charge in [-0.1, -0.05) is 40.7 Å². The van der Waals surface area contributed by atoms with Crippen LogP contribution in [0.2, 0.25) is 0 Å². The summed E-state index contributed by atoms with van der Waals surface area (Å²) in [7, 11) is -2.39. The molecular weight excluding hydrogens is 430 g/mol. The van der Waals surface area contributed by atoms with Gasteiger partial charge in [0.2, 0.25) is 0 Å². The fourth-order valence-corrected chi connectivity index (χ4v) is 3.05. The van der Waals surface area contributed by atoms with Crippen molar-refractivity contribution in [2.45, 2.75) is 0 Å². The van der Waals surface area contributed by atoms with E-state index >= 15 is 0 Å². The Balaban J connectivity index is 1.50. The Bertz CT molecular complexity index is 1100. The Morgan fingerprint density at radius 3 is 2.13 bits per heavy atom. The number of aromatic nitrogens is 1. The van der Waals surface area contributed by atoms with E-state index in [9.17, 15) is 8.42 Å². The summed E-state index contributed by atoms with van der Waals surface area (Å²) in [6, 6.07) is 20.4. The molecule has 0 bridgehead atoms. The molecule has 0 aliphatic carbocycles. The van der Waals surface area contributed by atoms with Gasteiger partial charge in [0, 0.05) is 12.1 Å². The number of nitrogens with zero attached hydrogens (tertiary/aromatic N) is 3. The van der Waals surface area contributed by atoms with Crippen LogP contribution in [0.5, 0.6) is 11.5 Å². The highest BCUT2D eigenvalue weighted by Gasteiger charge is 2.10. The van der Waals surface area contributed by atoms with Crippen LogP contribution < -0.4 is 9.07 Å². The molecule has 0 aliphatic rings. The molecule has 0 aliphatic heterocycles. The fourth-order valence-electron chi connectivity index (χ4n) is 2.18. The largest absolute Gasteiger partial charge is 0.428 e. The zero-order valence-corrected chi connectivity index (χ0v) is 17.3. The van der Waals surface area contributed by atoms with Crippen LogP contribution in [0, 0.1) is 0 Å². The molecule has 30 heavy (non-hydrogen) atoms. The van der Waals surface area contributed by atoms with Crippen molar-refractivity contribution >= 4 is 35.0 Å². The molecule has 2 aromatic carbocycles. The number of rotatable bonds is 10. The van der Waals surface area contributed by atoms with Crippen LogP contribution in [0.25, 0.3) is 0 Å². The van der Waals surface area contributed by atoms with Crippen molar-refractivity contribution < 1.29 is 26.9 Å². The van der Waals surface area contributed by atoms with Gasteiger partial charge in [0.05, 0.1) is 23.8 Å². The highest BCUT2D eigenvalue weighted by atomic mass is 32.2. The summed E-state index contributed by atoms with van der Waals surface area (Å²) >= 11 is 0.664. The van der Waals surface area contributed by atoms with E-state index in [1.54, 1.807) is 66.2 Å². The first kappa shape index (κ1) is 21.6. The molecule has 0 saturated carbocycles. The summed E-state index contributed by atoms with van der Waals surface area (Å²) in [5.74, 6) is 0.671. The molecule has 9 nitrogen and oxygen atoms in total. The van der Waals surface area contributed by atoms with Crippen LogP contribution >= 0.6 is 12.2 Å². The van der Waals surface area contributed by atoms with E-state index in [0.717, 1.165) is 0 Å². The standard InChI is InChI=1S/C19H17N3O6S2/c1-22-16(14-20-29-28-27-25-18-8-4-2-5-9-18)12-13-17(22)15-21-30(23,24)26-19-10-6-3-7-11-19/h2-15H,1H3/b20-14+,21-15+. The topological polar surface area (TPSA) is 101 Å². The lowest BCUT2D eigenvalue weighted by Gasteiger charge is -2.02. The van der Waals surface area contributed by atoms with Crippen molar-refractivity contribution in [1.82, 2.24) is 4.57 Å². The maximum Gasteiger partial charge on any atom is 0.428 e. The second-order valence-electron chi connectivity index (χ2n) is 5.64. The molecular formula is C19H17N3O6S2. The molecule has 156 valence electrons. The van der Waals surface area contributed by atoms with E-state index in [-0.39, 0.29) is 5.75 Å². The molecule has 1 heterocycles. The van der Waals surface area contributed by atoms with Gasteiger partial charge >= 0.3 is 10.3 Å². The zero-order valence-electron chi connectivity index (χ0n) is 15.7. The molecule has 0 unspecified atom stereocenters. The van der Waals surface area contributed by atoms with Crippen molar-refractivity contribution in [2.24, 2.45) is 15.8 Å². The minimum atomic E-state index is -4.12. The summed E-state index contributed by atoms with van der Waals surface area (Å²) in [6.07, 6.45) is 2.69. The number of benzene rings is 2. The molecule has 1 aromatic heterocycles. The lowest BCUT2D eigenvalue weighted by molar-refractivity contribution is -0.403. The second-order valence-corrected chi connectivity index (χ2v) is 7.37. The normalized spacial score (nSPS) is 11.9. The van der Waals surface area contributed by atoms with Crippen LogP contribution in [0.4, 0.5) is 0 Å². The zero-order chi connectivity index (χ0) is 21.2. The number of para-hydroxylation sites is 2. The van der Waals surface area contributed by atoms with E-state index in [4.69, 9.17) is 13.4 Å². The molecule has 3 aromatic rings. The maximum absolute atomic E-state index is 12.0. The van der Waals surface area contributed by atoms with Crippen LogP contribution in [0.15, 0.2) is 81.6 Å². The fraction of sp³-hybridized carbons (Fsp3) is 0.0526. The molecule has 11 heteroatoms. The Morgan fingerprint density at radius 1 is 0.867 bits per heavy atom. The molecule has 3 rings (SSSR count). The van der Waals surface area contributed by atoms with Crippen molar-refractivity contribution in [3.8, 4) is 11.5 Å². The minimum absolute atomic E-state index is 0.185. The lowest BCUT2D eigenvalue weighted by Crippen LogP contribution is -2.07. The van der Waals surface area contributed by atoms with Gasteiger partial charge in [-0.2, -0.15) is 12.8 Å². The average molecular weight is 447 g/mol. The van der Waals surface area contributed by atoms with Crippen molar-refractivity contribution in [3.63, 3.8) is 0 Å². The van der Waals surface area contributed by atoms with Gasteiger partial charge in [-0.3, -0.25) is 0 Å². The van der Waals surface area contributed by atoms with E-state index in [2.05, 4.69) is 13.8 Å². The Morgan fingerprint density at radius 2 is 1.47 bits per heavy atom. The monoisotopic (exact) mass is 447 g/mol. The predicted octanol–water partition coefficient (Wildman–Crippen LogP) is 3.69. The molecule has 0 amide bonds. The van der Waals surface area contributed by atoms with Crippen molar-refractivity contribution in [1.29, 1.82) is 0 Å². The van der Waals surface area contributed by atoms with E-state index in [1.807, 2.05) is 6.07 Å². The smallest absolute Gasteiger partial charge is 0.366 e. The van der Waals surface area contributed by atoms with Gasteiger partial charge in [0.25, 0.3) is 0 Å². The molecule has 0 spiro atoms. The summed E-state index contributed by atoms with van der Waals surface area (Å²) in [6.45, 7) is 0. The molecule has 0 N–H and O–H groups in total. The summed E-state index contributed by atoms with van der Waals surface area (Å²) in [5, 5.41) is 4.56. The molecule has 0 saturated heterocycles. The van der Waals surface area contributed by atoms with Crippen LogP contribution in [0.1, 0.15) is 11.4 Å². The van der Waals surface area contributed by atoms with Crippen molar-refractivity contribution in [3.05, 3.63) is 84.2 Å². The SMILES string of the molecule is Cn1c(/C=N/SOOOc2ccccc2)ccc1/C=N/S(=O)(=O)Oc1ccccc1. The summed E-state index contributed by atoms with van der Waals surface area (Å²) in [5.41, 5.74) is 1.21. The first-order valence-corrected chi connectivity index (χ1v) is 10.6. The van der Waals surface area contributed by atoms with E-state index < -0.39 is 10.3 Å². The number of hydrogen-bond acceptors (Lipinski definition) is 8. The van der Waals surface area contributed by atoms with Gasteiger partial charge in [-0.05, 0) is 36.4 Å². The average Bonchev–Trinajstić information content (AvgIpc) is 3.10. The first-order valence-electron chi connectivity index (χ1n) is 8.49. The number of hydrogen-bond donors (Lipinski definition) is 0. The summed E-state index contributed by atoms with van der Waals surface area (Å²) < 4.78 is 42.7. The molecule has 0 atom stereocenters. The predicted molar refractivity (Wildman–Crippen MR) is 113 cm³/mol. The van der Waals surface area contributed by atoms with Crippen LogP contribution in [0.3, 0.4) is 0 Å². The van der Waals surface area contributed by atoms with Gasteiger partial charge < -0.3 is 13.6 Å². The second kappa shape index (κ2) is 10.6. The van der Waals surface area contributed by atoms with Gasteiger partial charge in [-0.25, -0.2) is 0 Å². The van der Waals surface area contributed by atoms with Gasteiger partial charge in [0.1, 0.15) is 5.75 Å². The van der Waals surface area contributed by atoms with Gasteiger partial charge in [-0.15, -0.1) is 4.40 Å². The summed E-state index contributed by atoms with van der Waals surface area (Å²) in [4.78, 5) is 4.88. The Hall–Kier alpha value is -3.12. The van der Waals surface area contributed by atoms with Crippen LogP contribution in [-0.2, 0) is 26.7 Å². The Labute approximate surface area is 178 Å². The van der Waals surface area contributed by atoms with Crippen molar-refractivity contribution in [2.75, 3.05) is 0 Å². The first-order chi connectivity index (χ1) is 14.5. The third-order valence-electron chi connectivity index (χ3n) is 3.62. The van der Waals surface area contributed by atoms with E-state index in [1.165, 1.54) is 24.6 Å². The van der Waals surface area contributed by atoms with Gasteiger partial charge in [0.15, 0.2) is 18.0 Å². The lowest BCUT2D eigenvalue weighted by atomic mass is 10.3. The highest BCUT2D eigenvalue weighted by molar-refractivity contribution is 7.93. The highest BCUT2D eigenvalue weighted by Crippen LogP contribution is 2.14. The quantitative estimate of drug-likeness (QED) is 0.117. The van der Waals surface area contributed by atoms with Crippen LogP contribution in [-0.4, -0.2) is 25.4 Å². The minimum Gasteiger partial charge on any atom is -0.366 e. The molecule has 0 fully saturated rings. The third-order valence-corrected chi connectivity index (χ3v) is 4.69.